The van der Waals surface area contributed by atoms with Crippen LogP contribution in [0.3, 0.4) is 0 Å². The molecule has 1 aliphatic heterocycles. The Morgan fingerprint density at radius 2 is 1.66 bits per heavy atom. The summed E-state index contributed by atoms with van der Waals surface area (Å²) in [6.45, 7) is 2.64. The summed E-state index contributed by atoms with van der Waals surface area (Å²) in [6, 6.07) is 19.1. The molecule has 7 heteroatoms. The Kier molecular flexibility index (Phi) is 5.12. The lowest BCUT2D eigenvalue weighted by Crippen LogP contribution is -2.45. The minimum absolute atomic E-state index is 0.0749. The van der Waals surface area contributed by atoms with Crippen LogP contribution in [0.15, 0.2) is 60.7 Å². The maximum Gasteiger partial charge on any atom is 0.308 e. The van der Waals surface area contributed by atoms with Gasteiger partial charge in [0.15, 0.2) is 5.82 Å². The summed E-state index contributed by atoms with van der Waals surface area (Å²) in [4.78, 5) is 30.7. The van der Waals surface area contributed by atoms with Gasteiger partial charge in [0, 0.05) is 18.7 Å². The van der Waals surface area contributed by atoms with Crippen LogP contribution in [0.1, 0.15) is 24.0 Å². The molecule has 4 rings (SSSR count). The number of likely N-dealkylation sites (tertiary alicyclic amines) is 1. The Hall–Kier alpha value is -3.48. The molecular formula is C22H22N4O3. The molecule has 1 N–H and O–H groups in total. The first-order valence-corrected chi connectivity index (χ1v) is 9.63. The first kappa shape index (κ1) is 18.9. The monoisotopic (exact) mass is 390 g/mol. The second-order valence-corrected chi connectivity index (χ2v) is 7.46. The largest absolute Gasteiger partial charge is 0.481 e. The molecule has 2 unspecified atom stereocenters. The fourth-order valence-electron chi connectivity index (χ4n) is 3.76. The van der Waals surface area contributed by atoms with E-state index in [2.05, 4.69) is 10.1 Å². The standard InChI is InChI=1S/C22H22N4O3/c1-15-12-17(22(28)29)14-25(13-15)21(27)19-23-20(16-8-4-2-5-9-16)26(24-19)18-10-6-3-7-11-18/h2-11,15,17H,12-14H2,1H3,(H,28,29). The van der Waals surface area contributed by atoms with E-state index >= 15 is 0 Å². The third kappa shape index (κ3) is 3.89. The summed E-state index contributed by atoms with van der Waals surface area (Å²) in [7, 11) is 0. The average molecular weight is 390 g/mol. The molecule has 1 amide bonds. The summed E-state index contributed by atoms with van der Waals surface area (Å²) < 4.78 is 1.66. The number of aromatic nitrogens is 3. The highest BCUT2D eigenvalue weighted by Crippen LogP contribution is 2.25. The molecule has 1 aliphatic rings. The molecule has 0 aliphatic carbocycles. The van der Waals surface area contributed by atoms with Gasteiger partial charge in [-0.25, -0.2) is 9.67 Å². The Balaban J connectivity index is 1.72. The number of benzene rings is 2. The quantitative estimate of drug-likeness (QED) is 0.739. The number of piperidine rings is 1. The number of hydrogen-bond donors (Lipinski definition) is 1. The minimum Gasteiger partial charge on any atom is -0.481 e. The molecule has 1 aromatic heterocycles. The van der Waals surface area contributed by atoms with Gasteiger partial charge in [-0.1, -0.05) is 55.5 Å². The van der Waals surface area contributed by atoms with Gasteiger partial charge >= 0.3 is 5.97 Å². The number of carboxylic acids is 1. The molecule has 3 aromatic rings. The molecule has 29 heavy (non-hydrogen) atoms. The lowest BCUT2D eigenvalue weighted by Gasteiger charge is -2.33. The lowest BCUT2D eigenvalue weighted by atomic mass is 9.90. The molecule has 1 fully saturated rings. The van der Waals surface area contributed by atoms with E-state index < -0.39 is 11.9 Å². The number of carbonyl (C=O) groups excluding carboxylic acids is 1. The number of aliphatic carboxylic acids is 1. The number of carboxylic acid groups (broad SMARTS) is 1. The van der Waals surface area contributed by atoms with Crippen LogP contribution in [0.4, 0.5) is 0 Å². The topological polar surface area (TPSA) is 88.3 Å². The number of hydrogen-bond acceptors (Lipinski definition) is 4. The third-order valence-corrected chi connectivity index (χ3v) is 5.13. The second kappa shape index (κ2) is 7.87. The van der Waals surface area contributed by atoms with Crippen molar-refractivity contribution in [2.45, 2.75) is 13.3 Å². The van der Waals surface area contributed by atoms with Gasteiger partial charge in [0.1, 0.15) is 0 Å². The predicted octanol–water partition coefficient (Wildman–Crippen LogP) is 3.12. The summed E-state index contributed by atoms with van der Waals surface area (Å²) in [6.07, 6.45) is 0.570. The lowest BCUT2D eigenvalue weighted by molar-refractivity contribution is -0.143. The van der Waals surface area contributed by atoms with Gasteiger partial charge < -0.3 is 10.0 Å². The molecule has 148 valence electrons. The number of nitrogens with zero attached hydrogens (tertiary/aromatic N) is 4. The summed E-state index contributed by atoms with van der Waals surface area (Å²) in [5.74, 6) is -1.02. The van der Waals surface area contributed by atoms with Crippen molar-refractivity contribution in [1.82, 2.24) is 19.7 Å². The minimum atomic E-state index is -0.873. The Morgan fingerprint density at radius 3 is 2.31 bits per heavy atom. The molecule has 1 saturated heterocycles. The highest BCUT2D eigenvalue weighted by Gasteiger charge is 2.34. The zero-order valence-corrected chi connectivity index (χ0v) is 16.1. The molecule has 2 atom stereocenters. The Bertz CT molecular complexity index is 960. The van der Waals surface area contributed by atoms with E-state index in [0.29, 0.717) is 18.8 Å². The first-order valence-electron chi connectivity index (χ1n) is 9.63. The van der Waals surface area contributed by atoms with E-state index in [-0.39, 0.29) is 24.2 Å². The summed E-state index contributed by atoms with van der Waals surface area (Å²) in [5.41, 5.74) is 1.65. The van der Waals surface area contributed by atoms with Gasteiger partial charge in [-0.15, -0.1) is 5.10 Å². The van der Waals surface area contributed by atoms with Crippen molar-refractivity contribution in [2.75, 3.05) is 13.1 Å². The molecule has 0 bridgehead atoms. The molecule has 2 heterocycles. The van der Waals surface area contributed by atoms with E-state index in [0.717, 1.165) is 11.3 Å². The fourth-order valence-corrected chi connectivity index (χ4v) is 3.76. The van der Waals surface area contributed by atoms with Crippen LogP contribution in [0.25, 0.3) is 17.1 Å². The zero-order valence-electron chi connectivity index (χ0n) is 16.1. The smallest absolute Gasteiger partial charge is 0.308 e. The predicted molar refractivity (Wildman–Crippen MR) is 108 cm³/mol. The molecule has 2 aromatic carbocycles. The molecule has 0 spiro atoms. The van der Waals surface area contributed by atoms with Crippen molar-refractivity contribution in [3.05, 3.63) is 66.5 Å². The maximum atomic E-state index is 13.1. The number of carbonyl (C=O) groups is 2. The molecule has 0 radical (unpaired) electrons. The highest BCUT2D eigenvalue weighted by atomic mass is 16.4. The van der Waals surface area contributed by atoms with Gasteiger partial charge in [0.25, 0.3) is 5.91 Å². The summed E-state index contributed by atoms with van der Waals surface area (Å²) in [5, 5.41) is 13.9. The van der Waals surface area contributed by atoms with Crippen LogP contribution in [-0.2, 0) is 4.79 Å². The van der Waals surface area contributed by atoms with Crippen molar-refractivity contribution < 1.29 is 14.7 Å². The van der Waals surface area contributed by atoms with Crippen LogP contribution < -0.4 is 0 Å². The summed E-state index contributed by atoms with van der Waals surface area (Å²) >= 11 is 0. The Labute approximate surface area is 168 Å². The van der Waals surface area contributed by atoms with E-state index in [1.165, 1.54) is 0 Å². The van der Waals surface area contributed by atoms with Crippen molar-refractivity contribution in [3.63, 3.8) is 0 Å². The normalized spacial score (nSPS) is 19.1. The fraction of sp³-hybridized carbons (Fsp3) is 0.273. The van der Waals surface area contributed by atoms with E-state index in [1.54, 1.807) is 9.58 Å². The van der Waals surface area contributed by atoms with Gasteiger partial charge in [-0.2, -0.15) is 0 Å². The van der Waals surface area contributed by atoms with Crippen LogP contribution in [-0.4, -0.2) is 49.7 Å². The van der Waals surface area contributed by atoms with Crippen LogP contribution in [0, 0.1) is 11.8 Å². The van der Waals surface area contributed by atoms with Crippen LogP contribution in [0.5, 0.6) is 0 Å². The number of rotatable bonds is 4. The van der Waals surface area contributed by atoms with Crippen molar-refractivity contribution in [2.24, 2.45) is 11.8 Å². The molecule has 7 nitrogen and oxygen atoms in total. The zero-order chi connectivity index (χ0) is 20.4. The number of para-hydroxylation sites is 1. The first-order chi connectivity index (χ1) is 14.0. The van der Waals surface area contributed by atoms with E-state index in [9.17, 15) is 14.7 Å². The maximum absolute atomic E-state index is 13.1. The second-order valence-electron chi connectivity index (χ2n) is 7.46. The third-order valence-electron chi connectivity index (χ3n) is 5.13. The van der Waals surface area contributed by atoms with Crippen molar-refractivity contribution in [1.29, 1.82) is 0 Å². The van der Waals surface area contributed by atoms with Gasteiger partial charge in [-0.3, -0.25) is 9.59 Å². The Morgan fingerprint density at radius 1 is 1.00 bits per heavy atom. The highest BCUT2D eigenvalue weighted by molar-refractivity contribution is 5.91. The van der Waals surface area contributed by atoms with Gasteiger partial charge in [-0.05, 0) is 24.5 Å². The van der Waals surface area contributed by atoms with Crippen molar-refractivity contribution in [3.8, 4) is 17.1 Å². The SMILES string of the molecule is CC1CC(C(=O)O)CN(C(=O)c2nc(-c3ccccc3)n(-c3ccccc3)n2)C1. The van der Waals surface area contributed by atoms with Crippen molar-refractivity contribution >= 4 is 11.9 Å². The molecular weight excluding hydrogens is 368 g/mol. The molecule has 0 saturated carbocycles. The average Bonchev–Trinajstić information content (AvgIpc) is 3.19. The van der Waals surface area contributed by atoms with Crippen LogP contribution >= 0.6 is 0 Å². The van der Waals surface area contributed by atoms with E-state index in [1.807, 2.05) is 67.6 Å². The van der Waals surface area contributed by atoms with Gasteiger partial charge in [0.2, 0.25) is 5.82 Å². The van der Waals surface area contributed by atoms with E-state index in [4.69, 9.17) is 0 Å². The van der Waals surface area contributed by atoms with Crippen LogP contribution in [0.2, 0.25) is 0 Å². The van der Waals surface area contributed by atoms with Gasteiger partial charge in [0.05, 0.1) is 11.6 Å². The number of amides is 1.